The molecule has 3 atom stereocenters. The number of benzene rings is 1. The molecule has 154 valence electrons. The third-order valence-electron chi connectivity index (χ3n) is 6.32. The summed E-state index contributed by atoms with van der Waals surface area (Å²) in [5, 5.41) is 38.9. The standard InChI is InChI=1S/C23H25N5O2/c1-14(2)28-8-7-16-18(10-24)22(27)23(12-25,13-26)21(19(16)11-28)17-9-15(29-3)5-6-20(17)30-4/h5-7,9,14,18-19,21,27H,8,11H2,1-4H3/t18?,19-,21+/m0/s1. The zero-order chi connectivity index (χ0) is 22.1. The van der Waals surface area contributed by atoms with Gasteiger partial charge in [-0.1, -0.05) is 6.08 Å². The molecule has 1 aliphatic carbocycles. The van der Waals surface area contributed by atoms with Crippen LogP contribution in [0.2, 0.25) is 0 Å². The molecular weight excluding hydrogens is 378 g/mol. The van der Waals surface area contributed by atoms with E-state index in [1.165, 1.54) is 7.11 Å². The Morgan fingerprint density at radius 3 is 2.40 bits per heavy atom. The van der Waals surface area contributed by atoms with Crippen LogP contribution in [0, 0.1) is 56.7 Å². The number of rotatable bonds is 4. The number of hydrogen-bond acceptors (Lipinski definition) is 7. The molecule has 0 saturated heterocycles. The maximum absolute atomic E-state index is 10.2. The minimum Gasteiger partial charge on any atom is -0.497 e. The highest BCUT2D eigenvalue weighted by molar-refractivity contribution is 6.01. The molecule has 0 spiro atoms. The SMILES string of the molecule is COc1ccc(OC)c([C@@H]2[C@H]3CN(C(C)C)CC=C3C(C#N)C(=N)C2(C#N)C#N)c1. The van der Waals surface area contributed by atoms with Crippen molar-refractivity contribution in [2.45, 2.75) is 25.8 Å². The molecule has 0 amide bonds. The van der Waals surface area contributed by atoms with Crippen LogP contribution in [0.4, 0.5) is 0 Å². The van der Waals surface area contributed by atoms with E-state index >= 15 is 0 Å². The minimum atomic E-state index is -1.78. The highest BCUT2D eigenvalue weighted by Crippen LogP contribution is 2.55. The summed E-state index contributed by atoms with van der Waals surface area (Å²) in [6.45, 7) is 5.44. The van der Waals surface area contributed by atoms with Crippen molar-refractivity contribution < 1.29 is 9.47 Å². The molecule has 1 aliphatic heterocycles. The highest BCUT2D eigenvalue weighted by Gasteiger charge is 2.58. The first-order valence-corrected chi connectivity index (χ1v) is 9.85. The Morgan fingerprint density at radius 1 is 1.17 bits per heavy atom. The second kappa shape index (κ2) is 8.19. The van der Waals surface area contributed by atoms with E-state index in [0.29, 0.717) is 30.2 Å². The predicted octanol–water partition coefficient (Wildman–Crippen LogP) is 3.26. The predicted molar refractivity (Wildman–Crippen MR) is 111 cm³/mol. The van der Waals surface area contributed by atoms with Gasteiger partial charge in [0.25, 0.3) is 0 Å². The van der Waals surface area contributed by atoms with Gasteiger partial charge < -0.3 is 14.9 Å². The second-order valence-electron chi connectivity index (χ2n) is 7.95. The molecule has 1 heterocycles. The molecule has 1 aromatic carbocycles. The fraction of sp³-hybridized carbons (Fsp3) is 0.478. The van der Waals surface area contributed by atoms with Crippen molar-refractivity contribution in [2.75, 3.05) is 27.3 Å². The number of hydrogen-bond donors (Lipinski definition) is 1. The van der Waals surface area contributed by atoms with Gasteiger partial charge in [-0.3, -0.25) is 4.90 Å². The monoisotopic (exact) mass is 403 g/mol. The molecule has 0 aromatic heterocycles. The molecule has 1 unspecified atom stereocenters. The van der Waals surface area contributed by atoms with Gasteiger partial charge in [0.2, 0.25) is 0 Å². The Kier molecular flexibility index (Phi) is 5.83. The molecule has 2 aliphatic rings. The fourth-order valence-electron chi connectivity index (χ4n) is 4.68. The molecule has 0 radical (unpaired) electrons. The van der Waals surface area contributed by atoms with Gasteiger partial charge in [-0.2, -0.15) is 15.8 Å². The molecule has 7 heteroatoms. The number of ether oxygens (including phenoxy) is 2. The van der Waals surface area contributed by atoms with E-state index in [9.17, 15) is 15.8 Å². The van der Waals surface area contributed by atoms with Crippen LogP contribution in [0.3, 0.4) is 0 Å². The summed E-state index contributed by atoms with van der Waals surface area (Å²) in [6, 6.07) is 12.0. The molecule has 1 fully saturated rings. The lowest BCUT2D eigenvalue weighted by Gasteiger charge is -2.48. The summed E-state index contributed by atoms with van der Waals surface area (Å²) in [4.78, 5) is 2.25. The van der Waals surface area contributed by atoms with Crippen molar-refractivity contribution in [2.24, 2.45) is 17.3 Å². The third kappa shape index (κ3) is 3.11. The van der Waals surface area contributed by atoms with Crippen molar-refractivity contribution in [3.8, 4) is 29.7 Å². The molecule has 1 N–H and O–H groups in total. The molecular formula is C23H25N5O2. The lowest BCUT2D eigenvalue weighted by atomic mass is 9.54. The van der Waals surface area contributed by atoms with Gasteiger partial charge in [0.1, 0.15) is 17.4 Å². The van der Waals surface area contributed by atoms with Crippen molar-refractivity contribution >= 4 is 5.71 Å². The number of methoxy groups -OCH3 is 2. The topological polar surface area (TPSA) is 117 Å². The normalized spacial score (nSPS) is 25.3. The van der Waals surface area contributed by atoms with E-state index in [-0.39, 0.29) is 17.7 Å². The fourth-order valence-corrected chi connectivity index (χ4v) is 4.68. The van der Waals surface area contributed by atoms with Gasteiger partial charge in [-0.05, 0) is 37.6 Å². The minimum absolute atomic E-state index is 0.162. The Labute approximate surface area is 177 Å². The molecule has 1 aromatic rings. The molecule has 3 rings (SSSR count). The van der Waals surface area contributed by atoms with Crippen LogP contribution in [0.5, 0.6) is 11.5 Å². The Bertz CT molecular complexity index is 994. The summed E-state index contributed by atoms with van der Waals surface area (Å²) in [7, 11) is 3.09. The first-order valence-electron chi connectivity index (χ1n) is 9.85. The molecule has 7 nitrogen and oxygen atoms in total. The average molecular weight is 403 g/mol. The largest absolute Gasteiger partial charge is 0.497 e. The van der Waals surface area contributed by atoms with Crippen LogP contribution in [0.1, 0.15) is 25.3 Å². The van der Waals surface area contributed by atoms with E-state index in [2.05, 4.69) is 37.0 Å². The lowest BCUT2D eigenvalue weighted by molar-refractivity contribution is 0.170. The summed E-state index contributed by atoms with van der Waals surface area (Å²) < 4.78 is 11.0. The van der Waals surface area contributed by atoms with Crippen LogP contribution in [0.15, 0.2) is 29.8 Å². The van der Waals surface area contributed by atoms with Crippen LogP contribution in [-0.4, -0.2) is 44.0 Å². The molecule has 1 saturated carbocycles. The Morgan fingerprint density at radius 2 is 1.87 bits per heavy atom. The highest BCUT2D eigenvalue weighted by atomic mass is 16.5. The van der Waals surface area contributed by atoms with E-state index < -0.39 is 17.3 Å². The van der Waals surface area contributed by atoms with Gasteiger partial charge in [0, 0.05) is 36.5 Å². The van der Waals surface area contributed by atoms with Crippen LogP contribution < -0.4 is 9.47 Å². The average Bonchev–Trinajstić information content (AvgIpc) is 2.77. The van der Waals surface area contributed by atoms with Gasteiger partial charge in [0.15, 0.2) is 5.41 Å². The van der Waals surface area contributed by atoms with Crippen LogP contribution in [-0.2, 0) is 0 Å². The first-order chi connectivity index (χ1) is 14.4. The summed E-state index contributed by atoms with van der Waals surface area (Å²) in [5.41, 5.74) is -0.481. The summed E-state index contributed by atoms with van der Waals surface area (Å²) in [6.07, 6.45) is 1.99. The Hall–Kier alpha value is -3.34. The quantitative estimate of drug-likeness (QED) is 0.771. The van der Waals surface area contributed by atoms with E-state index in [1.54, 1.807) is 25.3 Å². The van der Waals surface area contributed by atoms with Crippen molar-refractivity contribution in [1.82, 2.24) is 4.90 Å². The first kappa shape index (κ1) is 21.4. The van der Waals surface area contributed by atoms with Crippen molar-refractivity contribution in [3.05, 3.63) is 35.4 Å². The van der Waals surface area contributed by atoms with Crippen molar-refractivity contribution in [3.63, 3.8) is 0 Å². The number of fused-ring (bicyclic) bond motifs is 1. The van der Waals surface area contributed by atoms with Crippen LogP contribution >= 0.6 is 0 Å². The lowest BCUT2D eigenvalue weighted by Crippen LogP contribution is -2.53. The van der Waals surface area contributed by atoms with Gasteiger partial charge in [-0.15, -0.1) is 0 Å². The summed E-state index contributed by atoms with van der Waals surface area (Å²) >= 11 is 0. The van der Waals surface area contributed by atoms with E-state index in [4.69, 9.17) is 14.9 Å². The van der Waals surface area contributed by atoms with Crippen molar-refractivity contribution in [1.29, 1.82) is 21.2 Å². The second-order valence-corrected chi connectivity index (χ2v) is 7.95. The zero-order valence-corrected chi connectivity index (χ0v) is 17.6. The van der Waals surface area contributed by atoms with Gasteiger partial charge in [0.05, 0.1) is 38.1 Å². The van der Waals surface area contributed by atoms with Gasteiger partial charge >= 0.3 is 0 Å². The number of nitriles is 3. The van der Waals surface area contributed by atoms with E-state index in [1.807, 2.05) is 6.08 Å². The van der Waals surface area contributed by atoms with Crippen LogP contribution in [0.25, 0.3) is 0 Å². The third-order valence-corrected chi connectivity index (χ3v) is 6.32. The zero-order valence-electron chi connectivity index (χ0n) is 17.6. The number of nitrogens with zero attached hydrogens (tertiary/aromatic N) is 4. The number of nitrogens with one attached hydrogen (secondary N) is 1. The van der Waals surface area contributed by atoms with E-state index in [0.717, 1.165) is 5.57 Å². The molecule has 30 heavy (non-hydrogen) atoms. The summed E-state index contributed by atoms with van der Waals surface area (Å²) in [5.74, 6) is -0.717. The molecule has 0 bridgehead atoms. The smallest absolute Gasteiger partial charge is 0.189 e. The maximum Gasteiger partial charge on any atom is 0.189 e. The van der Waals surface area contributed by atoms with Gasteiger partial charge in [-0.25, -0.2) is 0 Å². The maximum atomic E-state index is 10.2. The Balaban J connectivity index is 2.32.